The van der Waals surface area contributed by atoms with E-state index in [1.54, 1.807) is 11.3 Å². The molecular formula is C9H10N2S. The molecule has 0 atom stereocenters. The van der Waals surface area contributed by atoms with Crippen LogP contribution in [0.3, 0.4) is 0 Å². The fraction of sp³-hybridized carbons (Fsp3) is 0.111. The Morgan fingerprint density at radius 2 is 2.17 bits per heavy atom. The van der Waals surface area contributed by atoms with Crippen LogP contribution in [0.2, 0.25) is 0 Å². The van der Waals surface area contributed by atoms with Crippen LogP contribution in [0.1, 0.15) is 5.56 Å². The number of rotatable bonds is 1. The summed E-state index contributed by atoms with van der Waals surface area (Å²) in [4.78, 5) is 0. The van der Waals surface area contributed by atoms with E-state index in [1.165, 1.54) is 15.6 Å². The van der Waals surface area contributed by atoms with Gasteiger partial charge in [0.1, 0.15) is 0 Å². The second-order valence-electron chi connectivity index (χ2n) is 2.72. The summed E-state index contributed by atoms with van der Waals surface area (Å²) in [5.41, 5.74) is 13.2. The molecule has 2 rings (SSSR count). The van der Waals surface area contributed by atoms with Crippen LogP contribution < -0.4 is 11.5 Å². The molecule has 0 aliphatic rings. The van der Waals surface area contributed by atoms with Gasteiger partial charge in [0.05, 0.1) is 0 Å². The first-order valence-corrected chi connectivity index (χ1v) is 4.65. The molecule has 12 heavy (non-hydrogen) atoms. The van der Waals surface area contributed by atoms with Gasteiger partial charge in [-0.25, -0.2) is 0 Å². The van der Waals surface area contributed by atoms with Crippen molar-refractivity contribution in [2.24, 2.45) is 5.73 Å². The third-order valence-corrected chi connectivity index (χ3v) is 2.89. The number of benzene rings is 1. The van der Waals surface area contributed by atoms with E-state index in [9.17, 15) is 0 Å². The molecule has 2 aromatic rings. The standard InChI is InChI=1S/C9H10N2S/c10-4-6-5-12-9-3-7(11)1-2-8(6)9/h1-3,5H,4,10-11H2. The number of fused-ring (bicyclic) bond motifs is 1. The number of anilines is 1. The zero-order chi connectivity index (χ0) is 8.55. The van der Waals surface area contributed by atoms with Crippen molar-refractivity contribution >= 4 is 27.1 Å². The first kappa shape index (κ1) is 7.58. The molecular weight excluding hydrogens is 168 g/mol. The molecule has 2 nitrogen and oxygen atoms in total. The Morgan fingerprint density at radius 1 is 1.33 bits per heavy atom. The van der Waals surface area contributed by atoms with E-state index in [0.717, 1.165) is 5.69 Å². The molecule has 0 amide bonds. The maximum absolute atomic E-state index is 5.65. The van der Waals surface area contributed by atoms with Gasteiger partial charge in [-0.15, -0.1) is 11.3 Å². The van der Waals surface area contributed by atoms with Crippen molar-refractivity contribution in [2.45, 2.75) is 6.54 Å². The molecule has 0 spiro atoms. The lowest BCUT2D eigenvalue weighted by atomic mass is 10.2. The van der Waals surface area contributed by atoms with Crippen molar-refractivity contribution in [1.82, 2.24) is 0 Å². The number of hydrogen-bond donors (Lipinski definition) is 2. The van der Waals surface area contributed by atoms with Gasteiger partial charge in [-0.2, -0.15) is 0 Å². The summed E-state index contributed by atoms with van der Waals surface area (Å²) in [5.74, 6) is 0. The molecule has 0 aliphatic heterocycles. The monoisotopic (exact) mass is 178 g/mol. The van der Waals surface area contributed by atoms with Gasteiger partial charge in [-0.1, -0.05) is 6.07 Å². The summed E-state index contributed by atoms with van der Waals surface area (Å²) >= 11 is 1.69. The lowest BCUT2D eigenvalue weighted by molar-refractivity contribution is 1.09. The van der Waals surface area contributed by atoms with Crippen molar-refractivity contribution in [2.75, 3.05) is 5.73 Å². The summed E-state index contributed by atoms with van der Waals surface area (Å²) in [7, 11) is 0. The lowest BCUT2D eigenvalue weighted by Crippen LogP contribution is -1.93. The van der Waals surface area contributed by atoms with E-state index >= 15 is 0 Å². The molecule has 0 unspecified atom stereocenters. The summed E-state index contributed by atoms with van der Waals surface area (Å²) in [6.07, 6.45) is 0. The average molecular weight is 178 g/mol. The molecule has 0 radical (unpaired) electrons. The van der Waals surface area contributed by atoms with Gasteiger partial charge in [0.25, 0.3) is 0 Å². The van der Waals surface area contributed by atoms with Crippen LogP contribution in [0.25, 0.3) is 10.1 Å². The van der Waals surface area contributed by atoms with Gasteiger partial charge in [-0.05, 0) is 28.5 Å². The van der Waals surface area contributed by atoms with Crippen LogP contribution in [0.4, 0.5) is 5.69 Å². The van der Waals surface area contributed by atoms with Crippen molar-refractivity contribution in [3.63, 3.8) is 0 Å². The van der Waals surface area contributed by atoms with E-state index < -0.39 is 0 Å². The summed E-state index contributed by atoms with van der Waals surface area (Å²) in [6.45, 7) is 0.601. The number of nitrogen functional groups attached to an aromatic ring is 1. The molecule has 0 fully saturated rings. The van der Waals surface area contributed by atoms with Crippen LogP contribution in [0, 0.1) is 0 Å². The molecule has 1 heterocycles. The fourth-order valence-electron chi connectivity index (χ4n) is 1.26. The Balaban J connectivity index is 2.73. The zero-order valence-electron chi connectivity index (χ0n) is 6.58. The first-order chi connectivity index (χ1) is 5.81. The summed E-state index contributed by atoms with van der Waals surface area (Å²) in [6, 6.07) is 5.93. The van der Waals surface area contributed by atoms with Crippen molar-refractivity contribution in [3.8, 4) is 0 Å². The predicted molar refractivity (Wildman–Crippen MR) is 54.1 cm³/mol. The van der Waals surface area contributed by atoms with Gasteiger partial charge >= 0.3 is 0 Å². The number of nitrogens with two attached hydrogens (primary N) is 2. The molecule has 1 aromatic carbocycles. The Labute approximate surface area is 74.8 Å². The van der Waals surface area contributed by atoms with Crippen molar-refractivity contribution in [1.29, 1.82) is 0 Å². The molecule has 0 saturated heterocycles. The van der Waals surface area contributed by atoms with Crippen LogP contribution in [0.15, 0.2) is 23.6 Å². The highest BCUT2D eigenvalue weighted by molar-refractivity contribution is 7.17. The minimum atomic E-state index is 0.601. The second-order valence-corrected chi connectivity index (χ2v) is 3.63. The van der Waals surface area contributed by atoms with E-state index in [4.69, 9.17) is 11.5 Å². The van der Waals surface area contributed by atoms with Gasteiger partial charge < -0.3 is 11.5 Å². The lowest BCUT2D eigenvalue weighted by Gasteiger charge is -1.94. The maximum atomic E-state index is 5.65. The molecule has 4 N–H and O–H groups in total. The van der Waals surface area contributed by atoms with Gasteiger partial charge in [0.2, 0.25) is 0 Å². The van der Waals surface area contributed by atoms with E-state index in [0.29, 0.717) is 6.54 Å². The van der Waals surface area contributed by atoms with Crippen molar-refractivity contribution < 1.29 is 0 Å². The molecule has 62 valence electrons. The Bertz CT molecular complexity index is 406. The van der Waals surface area contributed by atoms with Gasteiger partial charge in [0.15, 0.2) is 0 Å². The summed E-state index contributed by atoms with van der Waals surface area (Å²) < 4.78 is 1.22. The van der Waals surface area contributed by atoms with Crippen LogP contribution >= 0.6 is 11.3 Å². The normalized spacial score (nSPS) is 10.8. The van der Waals surface area contributed by atoms with Crippen LogP contribution in [0.5, 0.6) is 0 Å². The number of hydrogen-bond acceptors (Lipinski definition) is 3. The highest BCUT2D eigenvalue weighted by Gasteiger charge is 2.01. The quantitative estimate of drug-likeness (QED) is 0.656. The SMILES string of the molecule is NCc1csc2cc(N)ccc12. The Hall–Kier alpha value is -1.06. The van der Waals surface area contributed by atoms with E-state index in [1.807, 2.05) is 18.2 Å². The molecule has 0 bridgehead atoms. The Morgan fingerprint density at radius 3 is 2.92 bits per heavy atom. The minimum absolute atomic E-state index is 0.601. The molecule has 0 aliphatic carbocycles. The number of thiophene rings is 1. The van der Waals surface area contributed by atoms with Gasteiger partial charge in [0, 0.05) is 16.9 Å². The third kappa shape index (κ3) is 1.07. The predicted octanol–water partition coefficient (Wildman–Crippen LogP) is 1.94. The Kier molecular flexibility index (Phi) is 1.75. The molecule has 1 aromatic heterocycles. The van der Waals surface area contributed by atoms with Crippen LogP contribution in [-0.2, 0) is 6.54 Å². The van der Waals surface area contributed by atoms with E-state index in [-0.39, 0.29) is 0 Å². The van der Waals surface area contributed by atoms with Gasteiger partial charge in [-0.3, -0.25) is 0 Å². The molecule has 0 saturated carbocycles. The highest BCUT2D eigenvalue weighted by Crippen LogP contribution is 2.27. The van der Waals surface area contributed by atoms with Crippen molar-refractivity contribution in [3.05, 3.63) is 29.1 Å². The third-order valence-electron chi connectivity index (χ3n) is 1.90. The summed E-state index contributed by atoms with van der Waals surface area (Å²) in [5, 5.41) is 3.32. The fourth-order valence-corrected chi connectivity index (χ4v) is 2.28. The van der Waals surface area contributed by atoms with E-state index in [2.05, 4.69) is 5.38 Å². The smallest absolute Gasteiger partial charge is 0.0366 e. The maximum Gasteiger partial charge on any atom is 0.0366 e. The topological polar surface area (TPSA) is 52.0 Å². The zero-order valence-corrected chi connectivity index (χ0v) is 7.40. The first-order valence-electron chi connectivity index (χ1n) is 3.77. The highest BCUT2D eigenvalue weighted by atomic mass is 32.1. The van der Waals surface area contributed by atoms with Crippen LogP contribution in [-0.4, -0.2) is 0 Å². The minimum Gasteiger partial charge on any atom is -0.399 e. The average Bonchev–Trinajstić information content (AvgIpc) is 2.46. The largest absolute Gasteiger partial charge is 0.399 e. The molecule has 3 heteroatoms. The second kappa shape index (κ2) is 2.77.